The van der Waals surface area contributed by atoms with E-state index in [1.54, 1.807) is 17.7 Å². The monoisotopic (exact) mass is 331 g/mol. The van der Waals surface area contributed by atoms with Gasteiger partial charge in [-0.1, -0.05) is 15.9 Å². The first kappa shape index (κ1) is 13.4. The van der Waals surface area contributed by atoms with Crippen LogP contribution in [0, 0.1) is 10.6 Å². The van der Waals surface area contributed by atoms with Crippen molar-refractivity contribution in [3.63, 3.8) is 0 Å². The normalized spacial score (nSPS) is 10.8. The molecule has 2 rings (SSSR count). The molecule has 4 nitrogen and oxygen atoms in total. The van der Waals surface area contributed by atoms with Gasteiger partial charge in [0.25, 0.3) is 0 Å². The molecule has 0 aliphatic heterocycles. The van der Waals surface area contributed by atoms with Crippen molar-refractivity contribution in [2.75, 3.05) is 13.7 Å². The number of nitrogens with zero attached hydrogens (tertiary/aromatic N) is 2. The number of aromatic amines is 1. The van der Waals surface area contributed by atoms with E-state index in [0.29, 0.717) is 29.3 Å². The lowest BCUT2D eigenvalue weighted by Gasteiger charge is -2.07. The van der Waals surface area contributed by atoms with Crippen LogP contribution in [0.4, 0.5) is 4.39 Å². The average Bonchev–Trinajstić information content (AvgIpc) is 2.71. The van der Waals surface area contributed by atoms with E-state index >= 15 is 0 Å². The molecule has 0 radical (unpaired) electrons. The van der Waals surface area contributed by atoms with Gasteiger partial charge in [0.05, 0.1) is 13.2 Å². The Bertz CT molecular complexity index is 611. The van der Waals surface area contributed by atoms with Gasteiger partial charge in [-0.2, -0.15) is 5.10 Å². The van der Waals surface area contributed by atoms with E-state index in [9.17, 15) is 4.39 Å². The summed E-state index contributed by atoms with van der Waals surface area (Å²) in [4.78, 5) is 0. The number of H-pyrrole nitrogens is 1. The van der Waals surface area contributed by atoms with Crippen LogP contribution in [-0.2, 0) is 11.3 Å². The predicted octanol–water partition coefficient (Wildman–Crippen LogP) is 3.16. The van der Waals surface area contributed by atoms with Crippen molar-refractivity contribution in [2.45, 2.75) is 6.54 Å². The fourth-order valence-electron chi connectivity index (χ4n) is 1.58. The highest BCUT2D eigenvalue weighted by molar-refractivity contribution is 9.10. The number of benzene rings is 1. The summed E-state index contributed by atoms with van der Waals surface area (Å²) in [5.74, 6) is 0.267. The van der Waals surface area contributed by atoms with Gasteiger partial charge in [0.1, 0.15) is 5.82 Å². The highest BCUT2D eigenvalue weighted by atomic mass is 79.9. The standard InChI is InChI=1S/C11H11BrFN3OS/c1-17-5-4-16-10(14-15-11(16)18)8-6-7(13)2-3-9(8)12/h2-3,6H,4-5H2,1H3,(H,15,18). The van der Waals surface area contributed by atoms with Gasteiger partial charge < -0.3 is 4.74 Å². The summed E-state index contributed by atoms with van der Waals surface area (Å²) < 4.78 is 21.3. The number of aromatic nitrogens is 3. The minimum atomic E-state index is -0.319. The molecule has 0 aliphatic rings. The van der Waals surface area contributed by atoms with E-state index in [2.05, 4.69) is 26.1 Å². The van der Waals surface area contributed by atoms with E-state index in [0.717, 1.165) is 4.47 Å². The van der Waals surface area contributed by atoms with Gasteiger partial charge in [-0.05, 0) is 30.4 Å². The molecule has 2 aromatic rings. The quantitative estimate of drug-likeness (QED) is 0.875. The number of nitrogens with one attached hydrogen (secondary N) is 1. The molecule has 1 aromatic carbocycles. The molecular weight excluding hydrogens is 321 g/mol. The number of halogens is 2. The third-order valence-electron chi connectivity index (χ3n) is 2.45. The van der Waals surface area contributed by atoms with Crippen LogP contribution in [-0.4, -0.2) is 28.5 Å². The molecule has 7 heteroatoms. The summed E-state index contributed by atoms with van der Waals surface area (Å²) in [7, 11) is 1.61. The first-order valence-electron chi connectivity index (χ1n) is 5.23. The molecule has 96 valence electrons. The minimum absolute atomic E-state index is 0.319. The van der Waals surface area contributed by atoms with Crippen LogP contribution in [0.15, 0.2) is 22.7 Å². The summed E-state index contributed by atoms with van der Waals surface area (Å²) in [6, 6.07) is 4.44. The molecule has 0 aliphatic carbocycles. The van der Waals surface area contributed by atoms with Gasteiger partial charge in [0, 0.05) is 17.1 Å². The molecule has 0 saturated carbocycles. The zero-order valence-electron chi connectivity index (χ0n) is 9.61. The number of methoxy groups -OCH3 is 1. The lowest BCUT2D eigenvalue weighted by Crippen LogP contribution is -2.06. The Morgan fingerprint density at radius 3 is 3.06 bits per heavy atom. The minimum Gasteiger partial charge on any atom is -0.383 e. The lowest BCUT2D eigenvalue weighted by molar-refractivity contribution is 0.187. The molecule has 0 bridgehead atoms. The Morgan fingerprint density at radius 2 is 2.33 bits per heavy atom. The third kappa shape index (κ3) is 2.68. The number of hydrogen-bond acceptors (Lipinski definition) is 3. The maximum atomic E-state index is 13.3. The first-order chi connectivity index (χ1) is 8.63. The highest BCUT2D eigenvalue weighted by Crippen LogP contribution is 2.27. The van der Waals surface area contributed by atoms with Crippen LogP contribution < -0.4 is 0 Å². The molecule has 1 heterocycles. The smallest absolute Gasteiger partial charge is 0.195 e. The van der Waals surface area contributed by atoms with E-state index in [-0.39, 0.29) is 5.82 Å². The zero-order chi connectivity index (χ0) is 13.1. The molecule has 0 amide bonds. The van der Waals surface area contributed by atoms with Crippen LogP contribution in [0.5, 0.6) is 0 Å². The number of ether oxygens (including phenoxy) is 1. The Balaban J connectivity index is 2.50. The van der Waals surface area contributed by atoms with Crippen LogP contribution in [0.2, 0.25) is 0 Å². The lowest BCUT2D eigenvalue weighted by atomic mass is 10.2. The van der Waals surface area contributed by atoms with Crippen molar-refractivity contribution >= 4 is 28.1 Å². The third-order valence-corrected chi connectivity index (χ3v) is 3.45. The highest BCUT2D eigenvalue weighted by Gasteiger charge is 2.12. The maximum Gasteiger partial charge on any atom is 0.195 e. The molecular formula is C11H11BrFN3OS. The number of hydrogen-bond donors (Lipinski definition) is 1. The van der Waals surface area contributed by atoms with Gasteiger partial charge in [0.2, 0.25) is 0 Å². The summed E-state index contributed by atoms with van der Waals surface area (Å²) in [5.41, 5.74) is 0.651. The first-order valence-corrected chi connectivity index (χ1v) is 6.43. The Morgan fingerprint density at radius 1 is 1.56 bits per heavy atom. The summed E-state index contributed by atoms with van der Waals surface area (Å²) in [6.45, 7) is 1.07. The van der Waals surface area contributed by atoms with Gasteiger partial charge in [-0.25, -0.2) is 4.39 Å². The van der Waals surface area contributed by atoms with Crippen LogP contribution in [0.1, 0.15) is 0 Å². The molecule has 0 spiro atoms. The van der Waals surface area contributed by atoms with Crippen molar-refractivity contribution in [3.05, 3.63) is 33.3 Å². The summed E-state index contributed by atoms with van der Waals surface area (Å²) >= 11 is 8.52. The fraction of sp³-hybridized carbons (Fsp3) is 0.273. The van der Waals surface area contributed by atoms with Crippen molar-refractivity contribution < 1.29 is 9.13 Å². The second kappa shape index (κ2) is 5.73. The largest absolute Gasteiger partial charge is 0.383 e. The SMILES string of the molecule is COCCn1c(-c2cc(F)ccc2Br)n[nH]c1=S. The molecule has 18 heavy (non-hydrogen) atoms. The van der Waals surface area contributed by atoms with Crippen molar-refractivity contribution in [3.8, 4) is 11.4 Å². The van der Waals surface area contributed by atoms with Crippen LogP contribution in [0.3, 0.4) is 0 Å². The van der Waals surface area contributed by atoms with E-state index in [1.165, 1.54) is 12.1 Å². The van der Waals surface area contributed by atoms with E-state index < -0.39 is 0 Å². The maximum absolute atomic E-state index is 13.3. The molecule has 0 saturated heterocycles. The molecule has 1 N–H and O–H groups in total. The van der Waals surface area contributed by atoms with Crippen molar-refractivity contribution in [1.29, 1.82) is 0 Å². The molecule has 0 fully saturated rings. The van der Waals surface area contributed by atoms with Gasteiger partial charge in [-0.15, -0.1) is 0 Å². The van der Waals surface area contributed by atoms with Gasteiger partial charge in [0.15, 0.2) is 10.6 Å². The Kier molecular flexibility index (Phi) is 4.26. The van der Waals surface area contributed by atoms with Gasteiger partial charge >= 0.3 is 0 Å². The molecule has 1 aromatic heterocycles. The second-order valence-electron chi connectivity index (χ2n) is 3.62. The summed E-state index contributed by atoms with van der Waals surface area (Å²) in [5, 5.41) is 6.84. The number of rotatable bonds is 4. The van der Waals surface area contributed by atoms with Crippen molar-refractivity contribution in [2.24, 2.45) is 0 Å². The Hall–Kier alpha value is -1.05. The summed E-state index contributed by atoms with van der Waals surface area (Å²) in [6.07, 6.45) is 0. The van der Waals surface area contributed by atoms with Crippen molar-refractivity contribution in [1.82, 2.24) is 14.8 Å². The fourth-order valence-corrected chi connectivity index (χ4v) is 2.23. The van der Waals surface area contributed by atoms with Gasteiger partial charge in [-0.3, -0.25) is 9.67 Å². The molecule has 0 atom stereocenters. The average molecular weight is 332 g/mol. The predicted molar refractivity (Wildman–Crippen MR) is 72.4 cm³/mol. The van der Waals surface area contributed by atoms with E-state index in [1.807, 2.05) is 0 Å². The zero-order valence-corrected chi connectivity index (χ0v) is 12.0. The Labute approximate surface area is 117 Å². The second-order valence-corrected chi connectivity index (χ2v) is 4.86. The van der Waals surface area contributed by atoms with E-state index in [4.69, 9.17) is 17.0 Å². The molecule has 0 unspecified atom stereocenters. The topological polar surface area (TPSA) is 42.8 Å². The van der Waals surface area contributed by atoms with Crippen LogP contribution >= 0.6 is 28.1 Å². The van der Waals surface area contributed by atoms with Crippen LogP contribution in [0.25, 0.3) is 11.4 Å².